The van der Waals surface area contributed by atoms with E-state index in [-0.39, 0.29) is 29.4 Å². The molecule has 0 aliphatic carbocycles. The van der Waals surface area contributed by atoms with E-state index in [0.717, 1.165) is 0 Å². The smallest absolute Gasteiger partial charge is 0.387 e. The second-order valence-electron chi connectivity index (χ2n) is 6.44. The van der Waals surface area contributed by atoms with E-state index in [1.807, 2.05) is 0 Å². The Bertz CT molecular complexity index is 860. The number of alkyl halides is 2. The van der Waals surface area contributed by atoms with Crippen LogP contribution in [0.1, 0.15) is 30.6 Å². The summed E-state index contributed by atoms with van der Waals surface area (Å²) in [5.41, 5.74) is -0.323. The Labute approximate surface area is 167 Å². The predicted octanol–water partition coefficient (Wildman–Crippen LogP) is 1.88. The summed E-state index contributed by atoms with van der Waals surface area (Å²) in [6.07, 6.45) is -0.943. The zero-order valence-electron chi connectivity index (χ0n) is 16.3. The first-order chi connectivity index (χ1) is 13.6. The molecule has 1 aliphatic rings. The second kappa shape index (κ2) is 9.38. The van der Waals surface area contributed by atoms with Crippen molar-refractivity contribution in [3.63, 3.8) is 0 Å². The molecule has 11 heteroatoms. The number of carbonyl (C=O) groups is 2. The Morgan fingerprint density at radius 2 is 2.00 bits per heavy atom. The summed E-state index contributed by atoms with van der Waals surface area (Å²) in [7, 11) is -1.98. The molecular formula is C18H23F2NO7S. The number of ether oxygens (including phenoxy) is 3. The van der Waals surface area contributed by atoms with Crippen molar-refractivity contribution in [2.45, 2.75) is 39.0 Å². The van der Waals surface area contributed by atoms with E-state index in [1.54, 1.807) is 6.92 Å². The number of amides is 1. The van der Waals surface area contributed by atoms with Crippen LogP contribution < -0.4 is 9.47 Å². The molecule has 1 amide bonds. The number of hydrogen-bond donors (Lipinski definition) is 0. The van der Waals surface area contributed by atoms with Crippen molar-refractivity contribution in [2.24, 2.45) is 0 Å². The van der Waals surface area contributed by atoms with Gasteiger partial charge >= 0.3 is 12.6 Å². The summed E-state index contributed by atoms with van der Waals surface area (Å²) in [6, 6.07) is 3.44. The van der Waals surface area contributed by atoms with Gasteiger partial charge in [0.2, 0.25) is 0 Å². The van der Waals surface area contributed by atoms with E-state index in [9.17, 15) is 26.8 Å². The van der Waals surface area contributed by atoms with Gasteiger partial charge in [0.15, 0.2) is 27.4 Å². The maximum atomic E-state index is 12.7. The standard InChI is InChI=1S/C18H23F2NO7S/c1-4-21(12-8-9-29(24,25)10-12)16(22)11(2)27-17(23)13-6-5-7-14(26-3)15(13)28-18(19)20/h5-7,11-12,18H,4,8-10H2,1-3H3. The van der Waals surface area contributed by atoms with Crippen LogP contribution in [0.4, 0.5) is 8.78 Å². The van der Waals surface area contributed by atoms with Crippen LogP contribution in [0.5, 0.6) is 11.5 Å². The van der Waals surface area contributed by atoms with E-state index in [0.29, 0.717) is 6.42 Å². The average Bonchev–Trinajstić information content (AvgIpc) is 3.01. The number of para-hydroxylation sites is 1. The lowest BCUT2D eigenvalue weighted by Gasteiger charge is -2.29. The van der Waals surface area contributed by atoms with Gasteiger partial charge in [0.25, 0.3) is 5.91 Å². The highest BCUT2D eigenvalue weighted by atomic mass is 32.2. The Hall–Kier alpha value is -2.43. The number of carbonyl (C=O) groups excluding carboxylic acids is 2. The summed E-state index contributed by atoms with van der Waals surface area (Å²) in [5, 5.41) is 0. The highest BCUT2D eigenvalue weighted by Crippen LogP contribution is 2.33. The van der Waals surface area contributed by atoms with Gasteiger partial charge in [-0.15, -0.1) is 0 Å². The Kier molecular flexibility index (Phi) is 7.39. The van der Waals surface area contributed by atoms with E-state index in [4.69, 9.17) is 9.47 Å². The molecule has 1 saturated heterocycles. The summed E-state index contributed by atoms with van der Waals surface area (Å²) >= 11 is 0. The maximum absolute atomic E-state index is 12.7. The van der Waals surface area contributed by atoms with Crippen molar-refractivity contribution in [3.8, 4) is 11.5 Å². The third kappa shape index (κ3) is 5.55. The molecule has 0 N–H and O–H groups in total. The highest BCUT2D eigenvalue weighted by molar-refractivity contribution is 7.91. The molecule has 2 unspecified atom stereocenters. The molecule has 162 valence electrons. The molecule has 0 saturated carbocycles. The van der Waals surface area contributed by atoms with Crippen molar-refractivity contribution < 1.29 is 41.0 Å². The van der Waals surface area contributed by atoms with Crippen LogP contribution in [0.3, 0.4) is 0 Å². The van der Waals surface area contributed by atoms with Gasteiger partial charge in [-0.3, -0.25) is 4.79 Å². The topological polar surface area (TPSA) is 99.2 Å². The third-order valence-electron chi connectivity index (χ3n) is 4.53. The minimum absolute atomic E-state index is 0.00620. The Morgan fingerprint density at radius 1 is 1.31 bits per heavy atom. The zero-order valence-corrected chi connectivity index (χ0v) is 17.1. The van der Waals surface area contributed by atoms with E-state index >= 15 is 0 Å². The molecule has 1 aromatic carbocycles. The number of halogens is 2. The molecule has 1 aromatic rings. The molecule has 0 bridgehead atoms. The van der Waals surface area contributed by atoms with Crippen molar-refractivity contribution >= 4 is 21.7 Å². The molecule has 1 heterocycles. The van der Waals surface area contributed by atoms with Gasteiger partial charge in [-0.25, -0.2) is 13.2 Å². The molecule has 29 heavy (non-hydrogen) atoms. The highest BCUT2D eigenvalue weighted by Gasteiger charge is 2.36. The van der Waals surface area contributed by atoms with Gasteiger partial charge in [-0.2, -0.15) is 8.78 Å². The van der Waals surface area contributed by atoms with Crippen LogP contribution in [0.15, 0.2) is 18.2 Å². The maximum Gasteiger partial charge on any atom is 0.387 e. The van der Waals surface area contributed by atoms with Gasteiger partial charge in [-0.1, -0.05) is 6.07 Å². The lowest BCUT2D eigenvalue weighted by Crippen LogP contribution is -2.46. The fourth-order valence-electron chi connectivity index (χ4n) is 3.17. The number of methoxy groups -OCH3 is 1. The Morgan fingerprint density at radius 3 is 2.52 bits per heavy atom. The molecular weight excluding hydrogens is 412 g/mol. The SMILES string of the molecule is CCN(C(=O)C(C)OC(=O)c1cccc(OC)c1OC(F)F)C1CCS(=O)(=O)C1. The molecule has 1 aliphatic heterocycles. The number of likely N-dealkylation sites (N-methyl/N-ethyl adjacent to an activating group) is 1. The van der Waals surface area contributed by atoms with Gasteiger partial charge in [0.05, 0.1) is 18.6 Å². The number of nitrogens with zero attached hydrogens (tertiary/aromatic N) is 1. The van der Waals surface area contributed by atoms with Gasteiger partial charge in [0, 0.05) is 12.6 Å². The van der Waals surface area contributed by atoms with Gasteiger partial charge < -0.3 is 19.1 Å². The first-order valence-electron chi connectivity index (χ1n) is 8.93. The lowest BCUT2D eigenvalue weighted by molar-refractivity contribution is -0.141. The van der Waals surface area contributed by atoms with Crippen LogP contribution in [0, 0.1) is 0 Å². The number of benzene rings is 1. The van der Waals surface area contributed by atoms with Crippen LogP contribution in [-0.2, 0) is 19.4 Å². The van der Waals surface area contributed by atoms with Crippen molar-refractivity contribution in [1.29, 1.82) is 0 Å². The summed E-state index contributed by atoms with van der Waals surface area (Å²) in [5.74, 6) is -2.35. The normalized spacial score (nSPS) is 18.9. The molecule has 2 rings (SSSR count). The quantitative estimate of drug-likeness (QED) is 0.575. The molecule has 1 fully saturated rings. The third-order valence-corrected chi connectivity index (χ3v) is 6.28. The number of esters is 1. The van der Waals surface area contributed by atoms with Gasteiger partial charge in [-0.05, 0) is 32.4 Å². The second-order valence-corrected chi connectivity index (χ2v) is 8.67. The summed E-state index contributed by atoms with van der Waals surface area (Å²) in [4.78, 5) is 26.6. The first-order valence-corrected chi connectivity index (χ1v) is 10.8. The number of rotatable bonds is 8. The zero-order chi connectivity index (χ0) is 21.8. The van der Waals surface area contributed by atoms with E-state index in [2.05, 4.69) is 4.74 Å². The molecule has 0 spiro atoms. The van der Waals surface area contributed by atoms with Crippen LogP contribution in [-0.4, -0.2) is 69.1 Å². The summed E-state index contributed by atoms with van der Waals surface area (Å²) in [6.45, 7) is 0.0605. The fourth-order valence-corrected chi connectivity index (χ4v) is 4.90. The monoisotopic (exact) mass is 435 g/mol. The number of hydrogen-bond acceptors (Lipinski definition) is 7. The van der Waals surface area contributed by atoms with Crippen LogP contribution >= 0.6 is 0 Å². The average molecular weight is 435 g/mol. The Balaban J connectivity index is 2.16. The van der Waals surface area contributed by atoms with E-state index in [1.165, 1.54) is 37.1 Å². The lowest BCUT2D eigenvalue weighted by atomic mass is 10.1. The minimum Gasteiger partial charge on any atom is -0.493 e. The summed E-state index contributed by atoms with van der Waals surface area (Å²) < 4.78 is 63.3. The van der Waals surface area contributed by atoms with Crippen molar-refractivity contribution in [1.82, 2.24) is 4.90 Å². The van der Waals surface area contributed by atoms with Gasteiger partial charge in [0.1, 0.15) is 5.56 Å². The van der Waals surface area contributed by atoms with Crippen molar-refractivity contribution in [2.75, 3.05) is 25.2 Å². The largest absolute Gasteiger partial charge is 0.493 e. The van der Waals surface area contributed by atoms with Crippen molar-refractivity contribution in [3.05, 3.63) is 23.8 Å². The minimum atomic E-state index is -3.20. The first kappa shape index (κ1) is 22.9. The molecule has 0 radical (unpaired) electrons. The number of sulfone groups is 1. The fraction of sp³-hybridized carbons (Fsp3) is 0.556. The predicted molar refractivity (Wildman–Crippen MR) is 98.9 cm³/mol. The molecule has 8 nitrogen and oxygen atoms in total. The molecule has 2 atom stereocenters. The van der Waals surface area contributed by atoms with Crippen LogP contribution in [0.2, 0.25) is 0 Å². The van der Waals surface area contributed by atoms with E-state index < -0.39 is 46.2 Å². The van der Waals surface area contributed by atoms with Crippen LogP contribution in [0.25, 0.3) is 0 Å². The molecule has 0 aromatic heterocycles.